The van der Waals surface area contributed by atoms with Crippen molar-refractivity contribution >= 4 is 51.4 Å². The second-order valence-electron chi connectivity index (χ2n) is 6.53. The van der Waals surface area contributed by atoms with Crippen LogP contribution in [0.2, 0.25) is 0 Å². The van der Waals surface area contributed by atoms with Gasteiger partial charge in [0, 0.05) is 11.9 Å². The van der Waals surface area contributed by atoms with Gasteiger partial charge in [0.25, 0.3) is 0 Å². The van der Waals surface area contributed by atoms with E-state index in [2.05, 4.69) is 15.3 Å². The monoisotopic (exact) mass is 415 g/mol. The zero-order valence-electron chi connectivity index (χ0n) is 15.8. The van der Waals surface area contributed by atoms with Crippen molar-refractivity contribution in [1.82, 2.24) is 9.97 Å². The first-order chi connectivity index (χ1) is 14.6. The number of rotatable bonds is 6. The number of nitrogens with zero attached hydrogens (tertiary/aromatic N) is 2. The maximum Gasteiger partial charge on any atom is 0.335 e. The number of carbonyl (C=O) groups is 2. The summed E-state index contributed by atoms with van der Waals surface area (Å²) in [5.74, 6) is -1.32. The van der Waals surface area contributed by atoms with Crippen molar-refractivity contribution in [2.24, 2.45) is 0 Å². The summed E-state index contributed by atoms with van der Waals surface area (Å²) in [5, 5.41) is 12.9. The molecule has 0 aliphatic carbocycles. The molecule has 6 nitrogen and oxygen atoms in total. The van der Waals surface area contributed by atoms with Gasteiger partial charge in [0.2, 0.25) is 5.91 Å². The molecule has 0 saturated carbocycles. The van der Waals surface area contributed by atoms with E-state index in [1.165, 1.54) is 17.4 Å². The molecule has 2 heterocycles. The van der Waals surface area contributed by atoms with E-state index in [1.54, 1.807) is 30.5 Å². The maximum absolute atomic E-state index is 12.4. The SMILES string of the molecule is O=C(Cc1ccccc1C(=O)O)Nc1cccc(C=Cc2nc3cccnc3s2)c1. The molecule has 30 heavy (non-hydrogen) atoms. The number of pyridine rings is 1. The molecule has 0 fully saturated rings. The minimum Gasteiger partial charge on any atom is -0.478 e. The predicted octanol–water partition coefficient (Wildman–Crippen LogP) is 4.74. The van der Waals surface area contributed by atoms with Crippen molar-refractivity contribution in [2.45, 2.75) is 6.42 Å². The van der Waals surface area contributed by atoms with Gasteiger partial charge in [-0.05, 0) is 47.5 Å². The Balaban J connectivity index is 1.45. The quantitative estimate of drug-likeness (QED) is 0.474. The molecule has 0 radical (unpaired) electrons. The lowest BCUT2D eigenvalue weighted by Crippen LogP contribution is -2.16. The van der Waals surface area contributed by atoms with Crippen LogP contribution in [0.3, 0.4) is 0 Å². The molecule has 1 amide bonds. The zero-order chi connectivity index (χ0) is 20.9. The second kappa shape index (κ2) is 8.67. The molecule has 0 spiro atoms. The molecule has 0 aliphatic heterocycles. The van der Waals surface area contributed by atoms with Gasteiger partial charge in [-0.15, -0.1) is 0 Å². The number of hydrogen-bond donors (Lipinski definition) is 2. The summed E-state index contributed by atoms with van der Waals surface area (Å²) in [4.78, 5) is 33.4. The first-order valence-corrected chi connectivity index (χ1v) is 10.0. The highest BCUT2D eigenvalue weighted by atomic mass is 32.1. The van der Waals surface area contributed by atoms with E-state index in [9.17, 15) is 14.7 Å². The average molecular weight is 415 g/mol. The number of carboxylic acids is 1. The smallest absolute Gasteiger partial charge is 0.335 e. The molecule has 0 aliphatic rings. The summed E-state index contributed by atoms with van der Waals surface area (Å²) < 4.78 is 0. The van der Waals surface area contributed by atoms with Gasteiger partial charge in [0.05, 0.1) is 12.0 Å². The Morgan fingerprint density at radius 3 is 2.73 bits per heavy atom. The topological polar surface area (TPSA) is 92.2 Å². The fraction of sp³-hybridized carbons (Fsp3) is 0.0435. The molecule has 0 unspecified atom stereocenters. The number of anilines is 1. The molecule has 148 valence electrons. The number of thiazole rings is 1. The van der Waals surface area contributed by atoms with Gasteiger partial charge in [-0.1, -0.05) is 47.7 Å². The van der Waals surface area contributed by atoms with Gasteiger partial charge >= 0.3 is 5.97 Å². The fourth-order valence-corrected chi connectivity index (χ4v) is 3.82. The summed E-state index contributed by atoms with van der Waals surface area (Å²) in [7, 11) is 0. The van der Waals surface area contributed by atoms with E-state index in [1.807, 2.05) is 42.5 Å². The fourth-order valence-electron chi connectivity index (χ4n) is 3.01. The largest absolute Gasteiger partial charge is 0.478 e. The number of carbonyl (C=O) groups excluding carboxylic acids is 1. The van der Waals surface area contributed by atoms with E-state index in [4.69, 9.17) is 0 Å². The third kappa shape index (κ3) is 4.59. The van der Waals surface area contributed by atoms with Crippen molar-refractivity contribution in [3.63, 3.8) is 0 Å². The maximum atomic E-state index is 12.4. The molecule has 4 aromatic rings. The van der Waals surface area contributed by atoms with E-state index < -0.39 is 5.97 Å². The molecule has 2 aromatic heterocycles. The van der Waals surface area contributed by atoms with Crippen LogP contribution in [0.15, 0.2) is 66.9 Å². The third-order valence-electron chi connectivity index (χ3n) is 4.37. The summed E-state index contributed by atoms with van der Waals surface area (Å²) >= 11 is 1.51. The Labute approximate surface area is 176 Å². The highest BCUT2D eigenvalue weighted by Gasteiger charge is 2.12. The van der Waals surface area contributed by atoms with Gasteiger partial charge in [-0.3, -0.25) is 4.79 Å². The Bertz CT molecular complexity index is 1230. The van der Waals surface area contributed by atoms with Crippen molar-refractivity contribution in [3.05, 3.63) is 88.6 Å². The summed E-state index contributed by atoms with van der Waals surface area (Å²) in [6, 6.07) is 17.7. The highest BCUT2D eigenvalue weighted by Crippen LogP contribution is 2.22. The average Bonchev–Trinajstić information content (AvgIpc) is 3.16. The number of aromatic carboxylic acids is 1. The Kier molecular flexibility index (Phi) is 5.63. The van der Waals surface area contributed by atoms with Crippen molar-refractivity contribution < 1.29 is 14.7 Å². The number of amides is 1. The number of fused-ring (bicyclic) bond motifs is 1. The predicted molar refractivity (Wildman–Crippen MR) is 119 cm³/mol. The summed E-state index contributed by atoms with van der Waals surface area (Å²) in [6.45, 7) is 0. The van der Waals surface area contributed by atoms with E-state index in [0.29, 0.717) is 11.3 Å². The highest BCUT2D eigenvalue weighted by molar-refractivity contribution is 7.18. The molecule has 2 N–H and O–H groups in total. The molecule has 7 heteroatoms. The van der Waals surface area contributed by atoms with Gasteiger partial charge < -0.3 is 10.4 Å². The number of benzene rings is 2. The minimum atomic E-state index is -1.05. The lowest BCUT2D eigenvalue weighted by atomic mass is 10.0. The van der Waals surface area contributed by atoms with Crippen LogP contribution in [-0.4, -0.2) is 27.0 Å². The van der Waals surface area contributed by atoms with E-state index >= 15 is 0 Å². The second-order valence-corrected chi connectivity index (χ2v) is 7.53. The van der Waals surface area contributed by atoms with Crippen LogP contribution in [0.25, 0.3) is 22.5 Å². The zero-order valence-corrected chi connectivity index (χ0v) is 16.6. The van der Waals surface area contributed by atoms with Gasteiger partial charge in [0.1, 0.15) is 15.4 Å². The van der Waals surface area contributed by atoms with Crippen molar-refractivity contribution in [2.75, 3.05) is 5.32 Å². The number of nitrogens with one attached hydrogen (secondary N) is 1. The van der Waals surface area contributed by atoms with Gasteiger partial charge in [-0.25, -0.2) is 14.8 Å². The molecule has 0 atom stereocenters. The van der Waals surface area contributed by atoms with Crippen LogP contribution in [0.1, 0.15) is 26.5 Å². The third-order valence-corrected chi connectivity index (χ3v) is 5.31. The molecule has 0 saturated heterocycles. The Hall–Kier alpha value is -3.84. The van der Waals surface area contributed by atoms with Crippen LogP contribution in [0, 0.1) is 0 Å². The molecule has 2 aromatic carbocycles. The lowest BCUT2D eigenvalue weighted by molar-refractivity contribution is -0.115. The van der Waals surface area contributed by atoms with E-state index in [0.717, 1.165) is 20.9 Å². The Morgan fingerprint density at radius 1 is 1.03 bits per heavy atom. The molecule has 4 rings (SSSR count). The van der Waals surface area contributed by atoms with Gasteiger partial charge in [0.15, 0.2) is 0 Å². The van der Waals surface area contributed by atoms with Crippen LogP contribution in [-0.2, 0) is 11.2 Å². The minimum absolute atomic E-state index is 0.0127. The van der Waals surface area contributed by atoms with Crippen LogP contribution < -0.4 is 5.32 Å². The van der Waals surface area contributed by atoms with Crippen molar-refractivity contribution in [3.8, 4) is 0 Å². The summed E-state index contributed by atoms with van der Waals surface area (Å²) in [5.41, 5.74) is 3.02. The first kappa shape index (κ1) is 19.5. The normalized spacial score (nSPS) is 11.1. The standard InChI is InChI=1S/C23H17N3O3S/c27-20(14-16-6-1-2-8-18(16)23(28)29)25-17-7-3-5-15(13-17)10-11-21-26-19-9-4-12-24-22(19)30-21/h1-13H,14H2,(H,25,27)(H,28,29). The Morgan fingerprint density at radius 2 is 1.90 bits per heavy atom. The lowest BCUT2D eigenvalue weighted by Gasteiger charge is -2.08. The first-order valence-electron chi connectivity index (χ1n) is 9.19. The van der Waals surface area contributed by atoms with Crippen LogP contribution in [0.4, 0.5) is 5.69 Å². The van der Waals surface area contributed by atoms with Crippen LogP contribution in [0.5, 0.6) is 0 Å². The van der Waals surface area contributed by atoms with E-state index in [-0.39, 0.29) is 17.9 Å². The molecular weight excluding hydrogens is 398 g/mol. The van der Waals surface area contributed by atoms with Crippen LogP contribution >= 0.6 is 11.3 Å². The number of aromatic nitrogens is 2. The molecular formula is C23H17N3O3S. The summed E-state index contributed by atoms with van der Waals surface area (Å²) in [6.07, 6.45) is 5.57. The molecule has 0 bridgehead atoms. The number of hydrogen-bond acceptors (Lipinski definition) is 5. The number of carboxylic acid groups (broad SMARTS) is 1. The van der Waals surface area contributed by atoms with Crippen molar-refractivity contribution in [1.29, 1.82) is 0 Å². The van der Waals surface area contributed by atoms with Gasteiger partial charge in [-0.2, -0.15) is 0 Å².